The van der Waals surface area contributed by atoms with Gasteiger partial charge in [-0.1, -0.05) is 24.6 Å². The molecule has 0 aliphatic carbocycles. The average Bonchev–Trinajstić information content (AvgIpc) is 2.46. The van der Waals surface area contributed by atoms with Crippen molar-refractivity contribution in [1.29, 1.82) is 0 Å². The number of rotatable bonds is 2. The second-order valence-corrected chi connectivity index (χ2v) is 4.36. The average molecular weight is 205 g/mol. The fourth-order valence-electron chi connectivity index (χ4n) is 2.38. The molecule has 82 valence electrons. The van der Waals surface area contributed by atoms with Crippen LogP contribution in [-0.4, -0.2) is 12.6 Å². The molecule has 0 fully saturated rings. The highest BCUT2D eigenvalue weighted by molar-refractivity contribution is 5.48. The van der Waals surface area contributed by atoms with Gasteiger partial charge in [0.25, 0.3) is 0 Å². The van der Waals surface area contributed by atoms with Crippen molar-refractivity contribution in [3.63, 3.8) is 0 Å². The van der Waals surface area contributed by atoms with Gasteiger partial charge in [-0.05, 0) is 32.9 Å². The van der Waals surface area contributed by atoms with E-state index in [-0.39, 0.29) is 6.10 Å². The molecule has 1 aliphatic rings. The van der Waals surface area contributed by atoms with Crippen molar-refractivity contribution in [2.75, 3.05) is 6.54 Å². The number of likely N-dealkylation sites (N-methyl/N-ethyl adjacent to an activating group) is 1. The molecule has 1 N–H and O–H groups in total. The van der Waals surface area contributed by atoms with E-state index in [1.165, 1.54) is 16.7 Å². The molecule has 2 heteroatoms. The van der Waals surface area contributed by atoms with Crippen molar-refractivity contribution >= 4 is 0 Å². The summed E-state index contributed by atoms with van der Waals surface area (Å²) in [6.45, 7) is 9.49. The van der Waals surface area contributed by atoms with E-state index in [2.05, 4.69) is 45.1 Å². The molecule has 0 spiro atoms. The fourth-order valence-corrected chi connectivity index (χ4v) is 2.38. The van der Waals surface area contributed by atoms with E-state index in [9.17, 15) is 0 Å². The summed E-state index contributed by atoms with van der Waals surface area (Å²) in [5, 5.41) is 3.48. The Morgan fingerprint density at radius 3 is 2.73 bits per heavy atom. The van der Waals surface area contributed by atoms with Gasteiger partial charge in [0.05, 0.1) is 6.04 Å². The van der Waals surface area contributed by atoms with Gasteiger partial charge in [-0.2, -0.15) is 0 Å². The first-order chi connectivity index (χ1) is 7.13. The summed E-state index contributed by atoms with van der Waals surface area (Å²) in [4.78, 5) is 0. The van der Waals surface area contributed by atoms with Crippen molar-refractivity contribution in [1.82, 2.24) is 5.32 Å². The second-order valence-electron chi connectivity index (χ2n) is 4.36. The van der Waals surface area contributed by atoms with E-state index in [1.807, 2.05) is 0 Å². The number of fused-ring (bicyclic) bond motifs is 1. The van der Waals surface area contributed by atoms with E-state index in [0.717, 1.165) is 12.3 Å². The van der Waals surface area contributed by atoms with Gasteiger partial charge in [0.2, 0.25) is 0 Å². The predicted octanol–water partition coefficient (Wildman–Crippen LogP) is 2.73. The zero-order valence-electron chi connectivity index (χ0n) is 9.92. The van der Waals surface area contributed by atoms with Gasteiger partial charge < -0.3 is 10.1 Å². The highest BCUT2D eigenvalue weighted by Crippen LogP contribution is 2.39. The zero-order valence-corrected chi connectivity index (χ0v) is 9.92. The van der Waals surface area contributed by atoms with Crippen LogP contribution in [0.15, 0.2) is 12.1 Å². The molecule has 2 unspecified atom stereocenters. The molecule has 1 aliphatic heterocycles. The maximum absolute atomic E-state index is 5.90. The molecule has 0 radical (unpaired) electrons. The summed E-state index contributed by atoms with van der Waals surface area (Å²) in [7, 11) is 0. The lowest BCUT2D eigenvalue weighted by Gasteiger charge is -2.15. The van der Waals surface area contributed by atoms with E-state index in [1.54, 1.807) is 0 Å². The summed E-state index contributed by atoms with van der Waals surface area (Å²) in [6.07, 6.45) is 0.237. The first-order valence-electron chi connectivity index (χ1n) is 5.64. The third kappa shape index (κ3) is 1.74. The first-order valence-corrected chi connectivity index (χ1v) is 5.64. The monoisotopic (exact) mass is 205 g/mol. The molecule has 2 nitrogen and oxygen atoms in total. The normalized spacial score (nSPS) is 23.7. The Morgan fingerprint density at radius 2 is 2.07 bits per heavy atom. The molecular formula is C13H19NO. The van der Waals surface area contributed by atoms with Crippen LogP contribution in [0.5, 0.6) is 5.75 Å². The number of benzene rings is 1. The molecule has 2 atom stereocenters. The summed E-state index contributed by atoms with van der Waals surface area (Å²) in [6, 6.07) is 4.77. The van der Waals surface area contributed by atoms with Gasteiger partial charge >= 0.3 is 0 Å². The highest BCUT2D eigenvalue weighted by atomic mass is 16.5. The van der Waals surface area contributed by atoms with Gasteiger partial charge in [0.15, 0.2) is 0 Å². The van der Waals surface area contributed by atoms with Crippen molar-refractivity contribution in [2.24, 2.45) is 0 Å². The van der Waals surface area contributed by atoms with Crippen LogP contribution in [0, 0.1) is 13.8 Å². The number of hydrogen-bond acceptors (Lipinski definition) is 2. The van der Waals surface area contributed by atoms with E-state index in [4.69, 9.17) is 4.74 Å². The topological polar surface area (TPSA) is 21.3 Å². The molecule has 0 saturated heterocycles. The maximum Gasteiger partial charge on any atom is 0.127 e. The molecule has 0 saturated carbocycles. The van der Waals surface area contributed by atoms with Crippen LogP contribution in [0.4, 0.5) is 0 Å². The number of ether oxygens (including phenoxy) is 1. The van der Waals surface area contributed by atoms with Crippen molar-refractivity contribution in [3.8, 4) is 5.75 Å². The Bertz CT molecular complexity index is 373. The minimum absolute atomic E-state index is 0.237. The Labute approximate surface area is 91.6 Å². The molecule has 0 bridgehead atoms. The van der Waals surface area contributed by atoms with Gasteiger partial charge in [0, 0.05) is 5.56 Å². The van der Waals surface area contributed by atoms with Crippen LogP contribution in [0.1, 0.15) is 36.6 Å². The molecule has 1 aromatic rings. The van der Waals surface area contributed by atoms with Gasteiger partial charge in [0.1, 0.15) is 11.9 Å². The third-order valence-electron chi connectivity index (χ3n) is 2.98. The molecular weight excluding hydrogens is 186 g/mol. The molecule has 15 heavy (non-hydrogen) atoms. The first kappa shape index (κ1) is 10.5. The van der Waals surface area contributed by atoms with Gasteiger partial charge in [-0.15, -0.1) is 0 Å². The van der Waals surface area contributed by atoms with E-state index >= 15 is 0 Å². The Balaban J connectivity index is 2.43. The number of nitrogens with one attached hydrogen (secondary N) is 1. The van der Waals surface area contributed by atoms with Crippen molar-refractivity contribution < 1.29 is 4.74 Å². The maximum atomic E-state index is 5.90. The minimum Gasteiger partial charge on any atom is -0.488 e. The SMILES string of the molecule is CCNC1c2cc(C)cc(C)c2OC1C. The Morgan fingerprint density at radius 1 is 1.33 bits per heavy atom. The minimum atomic E-state index is 0.237. The summed E-state index contributed by atoms with van der Waals surface area (Å²) in [5.74, 6) is 1.08. The summed E-state index contributed by atoms with van der Waals surface area (Å²) in [5.41, 5.74) is 3.88. The smallest absolute Gasteiger partial charge is 0.127 e. The van der Waals surface area contributed by atoms with Gasteiger partial charge in [-0.3, -0.25) is 0 Å². The van der Waals surface area contributed by atoms with Crippen LogP contribution in [-0.2, 0) is 0 Å². The lowest BCUT2D eigenvalue weighted by Crippen LogP contribution is -2.28. The fraction of sp³-hybridized carbons (Fsp3) is 0.538. The second kappa shape index (κ2) is 3.86. The quantitative estimate of drug-likeness (QED) is 0.801. The lowest BCUT2D eigenvalue weighted by molar-refractivity contribution is 0.210. The number of hydrogen-bond donors (Lipinski definition) is 1. The molecule has 2 rings (SSSR count). The van der Waals surface area contributed by atoms with Crippen LogP contribution in [0.25, 0.3) is 0 Å². The van der Waals surface area contributed by atoms with Crippen molar-refractivity contribution in [2.45, 2.75) is 39.8 Å². The third-order valence-corrected chi connectivity index (χ3v) is 2.98. The molecule has 1 heterocycles. The molecule has 0 aromatic heterocycles. The Kier molecular flexibility index (Phi) is 2.70. The largest absolute Gasteiger partial charge is 0.488 e. The van der Waals surface area contributed by atoms with Crippen molar-refractivity contribution in [3.05, 3.63) is 28.8 Å². The van der Waals surface area contributed by atoms with Crippen LogP contribution >= 0.6 is 0 Å². The standard InChI is InChI=1S/C13H19NO/c1-5-14-12-10(4)15-13-9(3)6-8(2)7-11(12)13/h6-7,10,12,14H,5H2,1-4H3. The summed E-state index contributed by atoms with van der Waals surface area (Å²) < 4.78 is 5.90. The van der Waals surface area contributed by atoms with Crippen LogP contribution < -0.4 is 10.1 Å². The Hall–Kier alpha value is -1.02. The van der Waals surface area contributed by atoms with Crippen LogP contribution in [0.3, 0.4) is 0 Å². The lowest BCUT2D eigenvalue weighted by atomic mass is 10.00. The van der Waals surface area contributed by atoms with Crippen LogP contribution in [0.2, 0.25) is 0 Å². The van der Waals surface area contributed by atoms with Gasteiger partial charge in [-0.25, -0.2) is 0 Å². The molecule has 1 aromatic carbocycles. The number of aryl methyl sites for hydroxylation is 2. The highest BCUT2D eigenvalue weighted by Gasteiger charge is 2.31. The predicted molar refractivity (Wildman–Crippen MR) is 62.4 cm³/mol. The molecule has 0 amide bonds. The van der Waals surface area contributed by atoms with E-state index in [0.29, 0.717) is 6.04 Å². The summed E-state index contributed by atoms with van der Waals surface area (Å²) >= 11 is 0. The zero-order chi connectivity index (χ0) is 11.0. The van der Waals surface area contributed by atoms with E-state index < -0.39 is 0 Å².